The highest BCUT2D eigenvalue weighted by molar-refractivity contribution is 7.08. The molecule has 1 aliphatic heterocycles. The minimum atomic E-state index is 0.633. The average molecular weight is 353 g/mol. The molecule has 1 saturated heterocycles. The first-order chi connectivity index (χ1) is 12.4. The molecular weight excluding hydrogens is 330 g/mol. The van der Waals surface area contributed by atoms with E-state index in [9.17, 15) is 0 Å². The largest absolute Gasteiger partial charge is 0.334 e. The van der Waals surface area contributed by atoms with Crippen molar-refractivity contribution >= 4 is 11.3 Å². The molecule has 1 aromatic carbocycles. The maximum absolute atomic E-state index is 5.38. The first-order valence-electron chi connectivity index (χ1n) is 8.98. The molecule has 1 fully saturated rings. The Labute approximate surface area is 152 Å². The second kappa shape index (κ2) is 7.93. The highest BCUT2D eigenvalue weighted by Crippen LogP contribution is 2.24. The van der Waals surface area contributed by atoms with Gasteiger partial charge in [0.05, 0.1) is 12.1 Å². The third-order valence-electron chi connectivity index (χ3n) is 4.99. The fourth-order valence-electron chi connectivity index (χ4n) is 3.47. The van der Waals surface area contributed by atoms with Gasteiger partial charge in [-0.1, -0.05) is 35.5 Å². The third kappa shape index (κ3) is 4.35. The molecule has 2 aromatic heterocycles. The van der Waals surface area contributed by atoms with Crippen molar-refractivity contribution in [3.8, 4) is 11.5 Å². The van der Waals surface area contributed by atoms with E-state index in [1.165, 1.54) is 31.2 Å². The van der Waals surface area contributed by atoms with E-state index in [1.54, 1.807) is 11.3 Å². The lowest BCUT2D eigenvalue weighted by Crippen LogP contribution is -2.33. The van der Waals surface area contributed by atoms with Crippen LogP contribution in [0.25, 0.3) is 11.5 Å². The summed E-state index contributed by atoms with van der Waals surface area (Å²) in [4.78, 5) is 6.97. The summed E-state index contributed by atoms with van der Waals surface area (Å²) in [5, 5.41) is 8.20. The normalized spacial score (nSPS) is 16.3. The summed E-state index contributed by atoms with van der Waals surface area (Å²) in [6.07, 6.45) is 5.02. The van der Waals surface area contributed by atoms with Crippen LogP contribution in [0.1, 0.15) is 30.7 Å². The van der Waals surface area contributed by atoms with Gasteiger partial charge in [0.2, 0.25) is 0 Å². The second-order valence-corrected chi connectivity index (χ2v) is 7.55. The van der Waals surface area contributed by atoms with E-state index < -0.39 is 0 Å². The van der Waals surface area contributed by atoms with Gasteiger partial charge in [0.1, 0.15) is 0 Å². The lowest BCUT2D eigenvalue weighted by atomic mass is 9.90. The number of hydrogen-bond acceptors (Lipinski definition) is 5. The minimum Gasteiger partial charge on any atom is -0.334 e. The van der Waals surface area contributed by atoms with Crippen molar-refractivity contribution in [1.29, 1.82) is 0 Å². The predicted molar refractivity (Wildman–Crippen MR) is 100 cm³/mol. The zero-order valence-corrected chi connectivity index (χ0v) is 15.1. The van der Waals surface area contributed by atoms with Gasteiger partial charge in [-0.25, -0.2) is 0 Å². The van der Waals surface area contributed by atoms with E-state index in [4.69, 9.17) is 4.52 Å². The lowest BCUT2D eigenvalue weighted by molar-refractivity contribution is 0.167. The number of aryl methyl sites for hydroxylation is 1. The molecule has 0 radical (unpaired) electrons. The van der Waals surface area contributed by atoms with E-state index in [0.29, 0.717) is 5.89 Å². The Kier molecular flexibility index (Phi) is 5.23. The minimum absolute atomic E-state index is 0.633. The fraction of sp³-hybridized carbons (Fsp3) is 0.400. The highest BCUT2D eigenvalue weighted by Gasteiger charge is 2.21. The van der Waals surface area contributed by atoms with E-state index in [2.05, 4.69) is 45.4 Å². The molecule has 4 rings (SSSR count). The van der Waals surface area contributed by atoms with Crippen molar-refractivity contribution < 1.29 is 4.52 Å². The first kappa shape index (κ1) is 16.5. The van der Waals surface area contributed by atoms with Gasteiger partial charge in [-0.3, -0.25) is 4.90 Å². The van der Waals surface area contributed by atoms with Crippen molar-refractivity contribution in [3.05, 3.63) is 58.5 Å². The van der Waals surface area contributed by atoms with Crippen molar-refractivity contribution in [3.63, 3.8) is 0 Å². The lowest BCUT2D eigenvalue weighted by Gasteiger charge is -2.31. The van der Waals surface area contributed by atoms with Crippen LogP contribution in [0.4, 0.5) is 0 Å². The summed E-state index contributed by atoms with van der Waals surface area (Å²) in [6, 6.07) is 12.8. The van der Waals surface area contributed by atoms with Gasteiger partial charge in [0, 0.05) is 5.38 Å². The van der Waals surface area contributed by atoms with E-state index in [0.717, 1.165) is 36.9 Å². The van der Waals surface area contributed by atoms with Gasteiger partial charge >= 0.3 is 0 Å². The van der Waals surface area contributed by atoms with Crippen LogP contribution >= 0.6 is 11.3 Å². The molecule has 0 unspecified atom stereocenters. The zero-order chi connectivity index (χ0) is 16.9. The standard InChI is InChI=1S/C20H23N3OS/c1-2-4-16(5-3-1)6-7-17-8-11-23(12-9-17)14-19-21-20(24-22-19)18-10-13-25-15-18/h1-5,10,13,15,17H,6-9,11-12,14H2. The van der Waals surface area contributed by atoms with Gasteiger partial charge in [0.15, 0.2) is 5.82 Å². The van der Waals surface area contributed by atoms with E-state index in [-0.39, 0.29) is 0 Å². The number of rotatable bonds is 6. The second-order valence-electron chi connectivity index (χ2n) is 6.77. The van der Waals surface area contributed by atoms with Crippen LogP contribution in [0.3, 0.4) is 0 Å². The Morgan fingerprint density at radius 1 is 1.12 bits per heavy atom. The molecule has 3 aromatic rings. The number of benzene rings is 1. The molecule has 130 valence electrons. The first-order valence-corrected chi connectivity index (χ1v) is 9.92. The maximum Gasteiger partial charge on any atom is 0.258 e. The summed E-state index contributed by atoms with van der Waals surface area (Å²) >= 11 is 1.64. The Balaban J connectivity index is 1.24. The smallest absolute Gasteiger partial charge is 0.258 e. The number of aromatic nitrogens is 2. The summed E-state index contributed by atoms with van der Waals surface area (Å²) in [7, 11) is 0. The molecule has 0 amide bonds. The molecular formula is C20H23N3OS. The van der Waals surface area contributed by atoms with Gasteiger partial charge in [-0.05, 0) is 61.7 Å². The SMILES string of the molecule is c1ccc(CCC2CCN(Cc3noc(-c4ccsc4)n3)CC2)cc1. The quantitative estimate of drug-likeness (QED) is 0.647. The average Bonchev–Trinajstić information content (AvgIpc) is 3.34. The molecule has 0 saturated carbocycles. The van der Waals surface area contributed by atoms with Crippen LogP contribution in [0, 0.1) is 5.92 Å². The van der Waals surface area contributed by atoms with Crippen LogP contribution < -0.4 is 0 Å². The molecule has 5 heteroatoms. The van der Waals surface area contributed by atoms with Gasteiger partial charge in [0.25, 0.3) is 5.89 Å². The molecule has 0 atom stereocenters. The topological polar surface area (TPSA) is 42.2 Å². The predicted octanol–water partition coefficient (Wildman–Crippen LogP) is 4.64. The Hall–Kier alpha value is -1.98. The molecule has 1 aliphatic rings. The highest BCUT2D eigenvalue weighted by atomic mass is 32.1. The summed E-state index contributed by atoms with van der Waals surface area (Å²) < 4.78 is 5.38. The maximum atomic E-state index is 5.38. The van der Waals surface area contributed by atoms with Crippen molar-refractivity contribution in [1.82, 2.24) is 15.0 Å². The van der Waals surface area contributed by atoms with Crippen LogP contribution in [0.2, 0.25) is 0 Å². The van der Waals surface area contributed by atoms with Crippen molar-refractivity contribution in [2.75, 3.05) is 13.1 Å². The van der Waals surface area contributed by atoms with Crippen molar-refractivity contribution in [2.24, 2.45) is 5.92 Å². The molecule has 0 spiro atoms. The number of thiophene rings is 1. The van der Waals surface area contributed by atoms with E-state index in [1.807, 2.05) is 16.8 Å². The van der Waals surface area contributed by atoms with Crippen LogP contribution in [-0.2, 0) is 13.0 Å². The summed E-state index contributed by atoms with van der Waals surface area (Å²) in [5.41, 5.74) is 2.47. The zero-order valence-electron chi connectivity index (χ0n) is 14.3. The van der Waals surface area contributed by atoms with Crippen LogP contribution in [-0.4, -0.2) is 28.1 Å². The molecule has 0 aliphatic carbocycles. The third-order valence-corrected chi connectivity index (χ3v) is 5.68. The molecule has 25 heavy (non-hydrogen) atoms. The number of hydrogen-bond donors (Lipinski definition) is 0. The van der Waals surface area contributed by atoms with Gasteiger partial charge in [-0.15, -0.1) is 0 Å². The molecule has 4 nitrogen and oxygen atoms in total. The Bertz CT molecular complexity index is 761. The number of nitrogens with zero attached hydrogens (tertiary/aromatic N) is 3. The van der Waals surface area contributed by atoms with Gasteiger partial charge < -0.3 is 4.52 Å². The molecule has 0 bridgehead atoms. The monoisotopic (exact) mass is 353 g/mol. The number of likely N-dealkylation sites (tertiary alicyclic amines) is 1. The summed E-state index contributed by atoms with van der Waals surface area (Å²) in [6.45, 7) is 3.04. The van der Waals surface area contributed by atoms with Crippen LogP contribution in [0.5, 0.6) is 0 Å². The van der Waals surface area contributed by atoms with Crippen LogP contribution in [0.15, 0.2) is 51.7 Å². The number of piperidine rings is 1. The Morgan fingerprint density at radius 2 is 1.96 bits per heavy atom. The fourth-order valence-corrected chi connectivity index (χ4v) is 4.10. The van der Waals surface area contributed by atoms with Crippen molar-refractivity contribution in [2.45, 2.75) is 32.2 Å². The molecule has 0 N–H and O–H groups in total. The summed E-state index contributed by atoms with van der Waals surface area (Å²) in [5.74, 6) is 2.26. The Morgan fingerprint density at radius 3 is 2.72 bits per heavy atom. The molecule has 3 heterocycles. The van der Waals surface area contributed by atoms with Gasteiger partial charge in [-0.2, -0.15) is 16.3 Å². The van der Waals surface area contributed by atoms with E-state index >= 15 is 0 Å².